The van der Waals surface area contributed by atoms with Crippen molar-refractivity contribution in [1.29, 1.82) is 0 Å². The number of nitrogens with zero attached hydrogens (tertiary/aromatic N) is 2. The Morgan fingerprint density at radius 2 is 1.80 bits per heavy atom. The van der Waals surface area contributed by atoms with Crippen LogP contribution in [0.15, 0.2) is 48.8 Å². The summed E-state index contributed by atoms with van der Waals surface area (Å²) in [6, 6.07) is 12.3. The highest BCUT2D eigenvalue weighted by atomic mass is 35.5. The molecule has 0 unspecified atom stereocenters. The van der Waals surface area contributed by atoms with Crippen LogP contribution in [0.5, 0.6) is 0 Å². The number of hydrogen-bond donors (Lipinski definition) is 0. The summed E-state index contributed by atoms with van der Waals surface area (Å²) in [7, 11) is 0. The molecule has 20 heavy (non-hydrogen) atoms. The monoisotopic (exact) mass is 284 g/mol. The van der Waals surface area contributed by atoms with Gasteiger partial charge in [0.1, 0.15) is 12.1 Å². The Balaban J connectivity index is 2.07. The van der Waals surface area contributed by atoms with E-state index in [4.69, 9.17) is 11.6 Å². The number of aromatic nitrogens is 2. The molecule has 3 rings (SSSR count). The first-order chi connectivity index (χ1) is 9.75. The molecule has 2 aromatic carbocycles. The molecule has 0 bridgehead atoms. The van der Waals surface area contributed by atoms with Gasteiger partial charge in [-0.15, -0.1) is 0 Å². The summed E-state index contributed by atoms with van der Waals surface area (Å²) in [4.78, 5) is 8.40. The summed E-state index contributed by atoms with van der Waals surface area (Å²) < 4.78 is 13.7. The molecule has 0 saturated heterocycles. The first-order valence-electron chi connectivity index (χ1n) is 6.07. The van der Waals surface area contributed by atoms with Crippen LogP contribution in [-0.2, 0) is 0 Å². The summed E-state index contributed by atoms with van der Waals surface area (Å²) in [5.74, 6) is -0.355. The lowest BCUT2D eigenvalue weighted by atomic mass is 10.1. The first-order valence-corrected chi connectivity index (χ1v) is 6.45. The van der Waals surface area contributed by atoms with Crippen molar-refractivity contribution in [3.8, 4) is 0 Å². The minimum atomic E-state index is -0.355. The minimum absolute atomic E-state index is 0.355. The number of fused-ring (bicyclic) bond motifs is 1. The molecule has 1 heterocycles. The van der Waals surface area contributed by atoms with Crippen molar-refractivity contribution in [3.63, 3.8) is 0 Å². The van der Waals surface area contributed by atoms with Crippen molar-refractivity contribution >= 4 is 34.7 Å². The number of benzene rings is 2. The third kappa shape index (κ3) is 2.40. The van der Waals surface area contributed by atoms with Crippen molar-refractivity contribution in [2.75, 3.05) is 0 Å². The van der Waals surface area contributed by atoms with Gasteiger partial charge in [-0.3, -0.25) is 0 Å². The van der Waals surface area contributed by atoms with Gasteiger partial charge in [0.25, 0.3) is 0 Å². The van der Waals surface area contributed by atoms with Crippen molar-refractivity contribution in [1.82, 2.24) is 9.97 Å². The number of hydrogen-bond acceptors (Lipinski definition) is 2. The Labute approximate surface area is 120 Å². The molecule has 0 spiro atoms. The van der Waals surface area contributed by atoms with Gasteiger partial charge in [0.05, 0.1) is 16.2 Å². The largest absolute Gasteiger partial charge is 0.236 e. The second-order valence-corrected chi connectivity index (χ2v) is 4.65. The lowest BCUT2D eigenvalue weighted by Crippen LogP contribution is -1.87. The normalized spacial score (nSPS) is 11.3. The molecule has 0 radical (unpaired) electrons. The third-order valence-electron chi connectivity index (χ3n) is 2.98. The molecule has 0 aliphatic heterocycles. The van der Waals surface area contributed by atoms with Crippen LogP contribution in [0.3, 0.4) is 0 Å². The molecule has 0 amide bonds. The Bertz CT molecular complexity index is 774. The molecule has 98 valence electrons. The zero-order chi connectivity index (χ0) is 13.9. The van der Waals surface area contributed by atoms with E-state index in [-0.39, 0.29) is 5.82 Å². The van der Waals surface area contributed by atoms with Crippen LogP contribution >= 0.6 is 11.6 Å². The van der Waals surface area contributed by atoms with E-state index < -0.39 is 0 Å². The zero-order valence-electron chi connectivity index (χ0n) is 10.4. The smallest absolute Gasteiger partial charge is 0.131 e. The zero-order valence-corrected chi connectivity index (χ0v) is 11.2. The summed E-state index contributed by atoms with van der Waals surface area (Å²) in [6.07, 6.45) is 4.87. The minimum Gasteiger partial charge on any atom is -0.236 e. The molecule has 1 aromatic heterocycles. The lowest BCUT2D eigenvalue weighted by Gasteiger charge is -2.01. The fraction of sp³-hybridized carbons (Fsp3) is 0. The highest BCUT2D eigenvalue weighted by molar-refractivity contribution is 6.32. The second kappa shape index (κ2) is 5.39. The van der Waals surface area contributed by atoms with E-state index in [0.717, 1.165) is 16.6 Å². The Morgan fingerprint density at radius 1 is 0.950 bits per heavy atom. The van der Waals surface area contributed by atoms with Crippen molar-refractivity contribution < 1.29 is 4.39 Å². The average molecular weight is 285 g/mol. The van der Waals surface area contributed by atoms with Crippen molar-refractivity contribution in [2.45, 2.75) is 0 Å². The van der Waals surface area contributed by atoms with E-state index in [9.17, 15) is 4.39 Å². The number of rotatable bonds is 2. The molecule has 0 aliphatic rings. The first kappa shape index (κ1) is 12.8. The van der Waals surface area contributed by atoms with E-state index in [1.807, 2.05) is 24.3 Å². The number of halogens is 2. The van der Waals surface area contributed by atoms with Crippen LogP contribution in [0.1, 0.15) is 11.3 Å². The van der Waals surface area contributed by atoms with Crippen molar-refractivity contribution in [2.24, 2.45) is 0 Å². The van der Waals surface area contributed by atoms with Crippen LogP contribution in [0.2, 0.25) is 5.02 Å². The van der Waals surface area contributed by atoms with Gasteiger partial charge in [-0.05, 0) is 30.4 Å². The maximum absolute atomic E-state index is 13.7. The standard InChI is InChI=1S/C16H10ClFN2/c17-13-5-3-6-14(18)11(13)8-9-16-12-4-1-2-7-15(12)19-10-20-16/h1-10H/b9-8+. The predicted molar refractivity (Wildman–Crippen MR) is 79.9 cm³/mol. The summed E-state index contributed by atoms with van der Waals surface area (Å²) >= 11 is 5.99. The fourth-order valence-electron chi connectivity index (χ4n) is 1.99. The van der Waals surface area contributed by atoms with Gasteiger partial charge in [-0.25, -0.2) is 14.4 Å². The molecule has 2 nitrogen and oxygen atoms in total. The third-order valence-corrected chi connectivity index (χ3v) is 3.31. The SMILES string of the molecule is Fc1cccc(Cl)c1/C=C/c1ncnc2ccccc12. The molecular formula is C16H10ClFN2. The van der Waals surface area contributed by atoms with E-state index in [2.05, 4.69) is 9.97 Å². The highest BCUT2D eigenvalue weighted by Gasteiger charge is 2.04. The van der Waals surface area contributed by atoms with E-state index in [0.29, 0.717) is 10.6 Å². The summed E-state index contributed by atoms with van der Waals surface area (Å²) in [5, 5.41) is 1.29. The second-order valence-electron chi connectivity index (χ2n) is 4.24. The molecule has 4 heteroatoms. The molecule has 0 fully saturated rings. The van der Waals surface area contributed by atoms with Crippen molar-refractivity contribution in [3.05, 3.63) is 70.9 Å². The average Bonchev–Trinajstić information content (AvgIpc) is 2.47. The predicted octanol–water partition coefficient (Wildman–Crippen LogP) is 4.59. The van der Waals surface area contributed by atoms with Gasteiger partial charge in [0.2, 0.25) is 0 Å². The molecule has 0 N–H and O–H groups in total. The molecule has 3 aromatic rings. The van der Waals surface area contributed by atoms with Crippen LogP contribution < -0.4 is 0 Å². The molecule has 0 saturated carbocycles. The molecule has 0 aliphatic carbocycles. The maximum Gasteiger partial charge on any atom is 0.131 e. The Morgan fingerprint density at radius 3 is 2.65 bits per heavy atom. The van der Waals surface area contributed by atoms with Crippen LogP contribution in [0.4, 0.5) is 4.39 Å². The maximum atomic E-state index is 13.7. The van der Waals surface area contributed by atoms with Crippen LogP contribution in [-0.4, -0.2) is 9.97 Å². The summed E-state index contributed by atoms with van der Waals surface area (Å²) in [6.45, 7) is 0. The van der Waals surface area contributed by atoms with E-state index >= 15 is 0 Å². The Kier molecular flexibility index (Phi) is 3.44. The van der Waals surface area contributed by atoms with Gasteiger partial charge in [0, 0.05) is 10.9 Å². The molecular weight excluding hydrogens is 275 g/mol. The van der Waals surface area contributed by atoms with Gasteiger partial charge < -0.3 is 0 Å². The van der Waals surface area contributed by atoms with Gasteiger partial charge in [-0.1, -0.05) is 35.9 Å². The fourth-order valence-corrected chi connectivity index (χ4v) is 2.22. The summed E-state index contributed by atoms with van der Waals surface area (Å²) in [5.41, 5.74) is 1.94. The lowest BCUT2D eigenvalue weighted by molar-refractivity contribution is 0.625. The van der Waals surface area contributed by atoms with Crippen LogP contribution in [0, 0.1) is 5.82 Å². The van der Waals surface area contributed by atoms with E-state index in [1.54, 1.807) is 24.3 Å². The van der Waals surface area contributed by atoms with E-state index in [1.165, 1.54) is 12.4 Å². The quantitative estimate of drug-likeness (QED) is 0.688. The van der Waals surface area contributed by atoms with Gasteiger partial charge >= 0.3 is 0 Å². The van der Waals surface area contributed by atoms with Gasteiger partial charge in [0.15, 0.2) is 0 Å². The Hall–Kier alpha value is -2.26. The topological polar surface area (TPSA) is 25.8 Å². The number of para-hydroxylation sites is 1. The highest BCUT2D eigenvalue weighted by Crippen LogP contribution is 2.22. The van der Waals surface area contributed by atoms with Crippen LogP contribution in [0.25, 0.3) is 23.1 Å². The molecule has 0 atom stereocenters. The van der Waals surface area contributed by atoms with Gasteiger partial charge in [-0.2, -0.15) is 0 Å².